The van der Waals surface area contributed by atoms with Crippen molar-refractivity contribution in [2.75, 3.05) is 13.7 Å². The quantitative estimate of drug-likeness (QED) is 0.115. The highest BCUT2D eigenvalue weighted by molar-refractivity contribution is 6.02. The zero-order valence-corrected chi connectivity index (χ0v) is 20.7. The molecule has 0 radical (unpaired) electrons. The average molecular weight is 495 g/mol. The van der Waals surface area contributed by atoms with Crippen molar-refractivity contribution in [3.63, 3.8) is 0 Å². The van der Waals surface area contributed by atoms with Gasteiger partial charge in [-0.3, -0.25) is 19.7 Å². The Hall–Kier alpha value is -4.27. The summed E-state index contributed by atoms with van der Waals surface area (Å²) in [6.45, 7) is 8.15. The lowest BCUT2D eigenvalue weighted by molar-refractivity contribution is -0.384. The molecule has 0 bridgehead atoms. The van der Waals surface area contributed by atoms with Crippen molar-refractivity contribution in [1.82, 2.24) is 5.32 Å². The Bertz CT molecular complexity index is 1160. The first-order chi connectivity index (χ1) is 17.1. The number of carbonyl (C=O) groups is 3. The molecule has 0 aliphatic heterocycles. The fraction of sp³-hybridized carbons (Fsp3) is 0.296. The number of hydrogen-bond acceptors (Lipinski definition) is 8. The number of ketones is 1. The number of carbonyl (C=O) groups excluding carboxylic acids is 3. The largest absolute Gasteiger partial charge is 0.468 e. The van der Waals surface area contributed by atoms with Crippen molar-refractivity contribution >= 4 is 23.4 Å². The Morgan fingerprint density at radius 1 is 1.08 bits per heavy atom. The molecule has 3 atom stereocenters. The van der Waals surface area contributed by atoms with E-state index >= 15 is 0 Å². The van der Waals surface area contributed by atoms with Crippen LogP contribution in [0, 0.1) is 16.0 Å². The predicted octanol–water partition coefficient (Wildman–Crippen LogP) is 4.41. The zero-order valence-electron chi connectivity index (χ0n) is 20.7. The van der Waals surface area contributed by atoms with E-state index in [2.05, 4.69) is 11.9 Å². The molecule has 0 fully saturated rings. The summed E-state index contributed by atoms with van der Waals surface area (Å²) in [6.07, 6.45) is 1.38. The number of nitro groups is 1. The van der Waals surface area contributed by atoms with E-state index in [9.17, 15) is 24.5 Å². The molecular weight excluding hydrogens is 464 g/mol. The Morgan fingerprint density at radius 2 is 1.72 bits per heavy atom. The number of nitrogens with zero attached hydrogens (tertiary/aromatic N) is 1. The minimum absolute atomic E-state index is 0.0225. The monoisotopic (exact) mass is 494 g/mol. The number of nitro benzene ring substituents is 1. The number of nitrogens with one attached hydrogen (secondary N) is 1. The van der Waals surface area contributed by atoms with Gasteiger partial charge in [-0.15, -0.1) is 0 Å². The fourth-order valence-corrected chi connectivity index (χ4v) is 3.97. The van der Waals surface area contributed by atoms with Crippen LogP contribution in [0.1, 0.15) is 43.9 Å². The van der Waals surface area contributed by atoms with Gasteiger partial charge in [0.2, 0.25) is 0 Å². The Morgan fingerprint density at radius 3 is 2.28 bits per heavy atom. The van der Waals surface area contributed by atoms with E-state index in [1.807, 2.05) is 37.3 Å². The number of hydrogen-bond donors (Lipinski definition) is 1. The van der Waals surface area contributed by atoms with Gasteiger partial charge < -0.3 is 14.8 Å². The maximum atomic E-state index is 13.4. The van der Waals surface area contributed by atoms with E-state index in [0.29, 0.717) is 5.70 Å². The van der Waals surface area contributed by atoms with E-state index in [4.69, 9.17) is 9.47 Å². The minimum Gasteiger partial charge on any atom is -0.468 e. The summed E-state index contributed by atoms with van der Waals surface area (Å²) in [4.78, 5) is 49.8. The molecule has 0 spiro atoms. The van der Waals surface area contributed by atoms with E-state index in [1.165, 1.54) is 37.3 Å². The lowest BCUT2D eigenvalue weighted by Gasteiger charge is -2.28. The van der Waals surface area contributed by atoms with Gasteiger partial charge in [-0.1, -0.05) is 55.1 Å². The van der Waals surface area contributed by atoms with Gasteiger partial charge in [-0.2, -0.15) is 0 Å². The second kappa shape index (κ2) is 13.0. The summed E-state index contributed by atoms with van der Waals surface area (Å²) in [5, 5.41) is 14.7. The van der Waals surface area contributed by atoms with Crippen LogP contribution >= 0.6 is 0 Å². The van der Waals surface area contributed by atoms with Crippen LogP contribution in [0.15, 0.2) is 78.5 Å². The summed E-state index contributed by atoms with van der Waals surface area (Å²) in [7, 11) is 1.13. The predicted molar refractivity (Wildman–Crippen MR) is 134 cm³/mol. The maximum absolute atomic E-state index is 13.4. The van der Waals surface area contributed by atoms with E-state index in [0.717, 1.165) is 12.7 Å². The molecule has 0 aliphatic carbocycles. The van der Waals surface area contributed by atoms with Gasteiger partial charge in [-0.25, -0.2) is 4.79 Å². The summed E-state index contributed by atoms with van der Waals surface area (Å²) in [5.74, 6) is -4.92. The number of rotatable bonds is 12. The van der Waals surface area contributed by atoms with Crippen LogP contribution in [-0.2, 0) is 23.9 Å². The van der Waals surface area contributed by atoms with Gasteiger partial charge in [0.15, 0.2) is 0 Å². The normalized spacial score (nSPS) is 13.9. The molecule has 0 aliphatic rings. The smallest absolute Gasteiger partial charge is 0.336 e. The van der Waals surface area contributed by atoms with Crippen LogP contribution in [0.25, 0.3) is 0 Å². The maximum Gasteiger partial charge on any atom is 0.336 e. The SMILES string of the molecule is C=CCOC(=O)/C(=C(/C)N[C@H](C)c1ccccc1)[C@H](c1cccc([N+](=O)[O-])c1)[C@@H](C(C)=O)C(=O)OC. The first-order valence-electron chi connectivity index (χ1n) is 11.2. The number of ether oxygens (including phenoxy) is 2. The zero-order chi connectivity index (χ0) is 26.8. The van der Waals surface area contributed by atoms with Gasteiger partial charge in [0.1, 0.15) is 18.3 Å². The number of Topliss-reactive ketones (excluding diaryl/α,β-unsaturated/α-hetero) is 1. The summed E-state index contributed by atoms with van der Waals surface area (Å²) >= 11 is 0. The fourth-order valence-electron chi connectivity index (χ4n) is 3.97. The molecule has 0 saturated carbocycles. The molecule has 0 heterocycles. The topological polar surface area (TPSA) is 125 Å². The molecule has 190 valence electrons. The molecular formula is C27H30N2O7. The third kappa shape index (κ3) is 6.88. The number of non-ortho nitro benzene ring substituents is 1. The first kappa shape index (κ1) is 28.0. The minimum atomic E-state index is -1.45. The van der Waals surface area contributed by atoms with E-state index in [-0.39, 0.29) is 29.5 Å². The highest BCUT2D eigenvalue weighted by Gasteiger charge is 2.41. The van der Waals surface area contributed by atoms with Gasteiger partial charge in [0, 0.05) is 29.8 Å². The van der Waals surface area contributed by atoms with Crippen molar-refractivity contribution in [2.24, 2.45) is 5.92 Å². The van der Waals surface area contributed by atoms with Crippen LogP contribution in [0.2, 0.25) is 0 Å². The lowest BCUT2D eigenvalue weighted by atomic mass is 9.77. The second-order valence-corrected chi connectivity index (χ2v) is 8.14. The second-order valence-electron chi connectivity index (χ2n) is 8.14. The third-order valence-corrected chi connectivity index (χ3v) is 5.67. The average Bonchev–Trinajstić information content (AvgIpc) is 2.87. The number of allylic oxidation sites excluding steroid dienone is 1. The molecule has 36 heavy (non-hydrogen) atoms. The van der Waals surface area contributed by atoms with Gasteiger partial charge >= 0.3 is 11.9 Å². The first-order valence-corrected chi connectivity index (χ1v) is 11.2. The number of methoxy groups -OCH3 is 1. The summed E-state index contributed by atoms with van der Waals surface area (Å²) in [5.41, 5.74) is 1.21. The molecule has 2 rings (SSSR count). The van der Waals surface area contributed by atoms with Crippen molar-refractivity contribution < 1.29 is 28.8 Å². The molecule has 0 unspecified atom stereocenters. The summed E-state index contributed by atoms with van der Waals surface area (Å²) < 4.78 is 10.2. The summed E-state index contributed by atoms with van der Waals surface area (Å²) in [6, 6.07) is 14.7. The van der Waals surface area contributed by atoms with Crippen LogP contribution in [0.4, 0.5) is 5.69 Å². The third-order valence-electron chi connectivity index (χ3n) is 5.67. The Kier molecular flexibility index (Phi) is 10.1. The molecule has 2 aromatic carbocycles. The van der Waals surface area contributed by atoms with Crippen molar-refractivity contribution in [3.8, 4) is 0 Å². The van der Waals surface area contributed by atoms with Crippen LogP contribution in [0.3, 0.4) is 0 Å². The van der Waals surface area contributed by atoms with E-state index < -0.39 is 34.5 Å². The lowest BCUT2D eigenvalue weighted by Crippen LogP contribution is -2.35. The van der Waals surface area contributed by atoms with Gasteiger partial charge in [-0.05, 0) is 31.9 Å². The molecule has 0 saturated heterocycles. The highest BCUT2D eigenvalue weighted by atomic mass is 16.6. The van der Waals surface area contributed by atoms with Gasteiger partial charge in [0.25, 0.3) is 5.69 Å². The van der Waals surface area contributed by atoms with Crippen molar-refractivity contribution in [2.45, 2.75) is 32.7 Å². The van der Waals surface area contributed by atoms with Crippen LogP contribution in [0.5, 0.6) is 0 Å². The number of esters is 2. The molecule has 9 heteroatoms. The van der Waals surface area contributed by atoms with E-state index in [1.54, 1.807) is 6.92 Å². The number of benzene rings is 2. The molecule has 0 amide bonds. The highest BCUT2D eigenvalue weighted by Crippen LogP contribution is 2.37. The molecule has 2 aromatic rings. The standard InChI is InChI=1S/C27H30N2O7/c1-6-15-36-27(32)23(18(3)28-17(2)20-11-8-7-9-12-20)25(24(19(4)30)26(31)35-5)21-13-10-14-22(16-21)29(33)34/h6-14,16-17,24-25,28H,1,15H2,2-5H3/b23-18-/t17-,24-,25+/m1/s1. The van der Waals surface area contributed by atoms with Gasteiger partial charge in [0.05, 0.1) is 17.6 Å². The van der Waals surface area contributed by atoms with Crippen molar-refractivity contribution in [1.29, 1.82) is 0 Å². The van der Waals surface area contributed by atoms with Crippen LogP contribution in [-0.4, -0.2) is 36.4 Å². The van der Waals surface area contributed by atoms with Crippen molar-refractivity contribution in [3.05, 3.63) is 99.8 Å². The Labute approximate surface area is 209 Å². The molecule has 0 aromatic heterocycles. The van der Waals surface area contributed by atoms with Crippen LogP contribution < -0.4 is 5.32 Å². The Balaban J connectivity index is 2.79. The molecule has 1 N–H and O–H groups in total. The molecule has 9 nitrogen and oxygen atoms in total.